The number of halogens is 1. The van der Waals surface area contributed by atoms with Crippen LogP contribution in [0.15, 0.2) is 18.2 Å². The number of ether oxygens (including phenoxy) is 1. The van der Waals surface area contributed by atoms with E-state index < -0.39 is 0 Å². The monoisotopic (exact) mass is 228 g/mol. The van der Waals surface area contributed by atoms with Crippen molar-refractivity contribution in [2.45, 2.75) is 19.3 Å². The van der Waals surface area contributed by atoms with Gasteiger partial charge in [0.2, 0.25) is 5.88 Å². The summed E-state index contributed by atoms with van der Waals surface area (Å²) in [5.74, 6) is 2.25. The van der Waals surface area contributed by atoms with Gasteiger partial charge in [0.15, 0.2) is 0 Å². The number of aromatic nitrogens is 1. The lowest BCUT2D eigenvalue weighted by Gasteiger charge is -2.06. The quantitative estimate of drug-likeness (QED) is 0.576. The fourth-order valence-electron chi connectivity index (χ4n) is 1.24. The summed E-state index contributed by atoms with van der Waals surface area (Å²) in [6, 6.07) is 5.69. The Morgan fingerprint density at radius 3 is 2.93 bits per heavy atom. The third-order valence-corrected chi connectivity index (χ3v) is 2.32. The molecule has 0 spiro atoms. The topological polar surface area (TPSA) is 34.1 Å². The van der Waals surface area contributed by atoms with Crippen LogP contribution in [0.2, 0.25) is 0 Å². The molecule has 0 saturated carbocycles. The molecule has 84 valence electrons. The van der Waals surface area contributed by atoms with E-state index in [1.165, 1.54) is 0 Å². The molecule has 0 saturated heterocycles. The molecule has 0 unspecified atom stereocenters. The van der Waals surface area contributed by atoms with Gasteiger partial charge in [-0.3, -0.25) is 0 Å². The Bertz CT molecular complexity index is 281. The molecule has 0 aliphatic heterocycles. The van der Waals surface area contributed by atoms with E-state index in [2.05, 4.69) is 10.3 Å². The first kappa shape index (κ1) is 12.1. The first-order chi connectivity index (χ1) is 7.36. The number of hydrogen-bond acceptors (Lipinski definition) is 3. The normalized spacial score (nSPS) is 10.0. The molecule has 1 N–H and O–H groups in total. The Kier molecular flexibility index (Phi) is 5.93. The summed E-state index contributed by atoms with van der Waals surface area (Å²) in [4.78, 5) is 4.25. The van der Waals surface area contributed by atoms with Crippen molar-refractivity contribution in [2.75, 3.05) is 24.9 Å². The van der Waals surface area contributed by atoms with Crippen LogP contribution in [0.25, 0.3) is 0 Å². The molecule has 0 aliphatic rings. The van der Waals surface area contributed by atoms with Crippen LogP contribution >= 0.6 is 11.6 Å². The number of anilines is 1. The predicted molar refractivity (Wildman–Crippen MR) is 63.8 cm³/mol. The maximum absolute atomic E-state index is 5.59. The lowest BCUT2D eigenvalue weighted by molar-refractivity contribution is 0.398. The molecule has 4 heteroatoms. The number of nitrogens with zero attached hydrogens (tertiary/aromatic N) is 1. The largest absolute Gasteiger partial charge is 0.481 e. The zero-order chi connectivity index (χ0) is 10.9. The zero-order valence-corrected chi connectivity index (χ0v) is 9.76. The summed E-state index contributed by atoms with van der Waals surface area (Å²) in [6.07, 6.45) is 3.35. The number of rotatable bonds is 7. The molecule has 3 nitrogen and oxygen atoms in total. The lowest BCUT2D eigenvalue weighted by Crippen LogP contribution is -2.03. The van der Waals surface area contributed by atoms with Gasteiger partial charge in [0.1, 0.15) is 5.82 Å². The van der Waals surface area contributed by atoms with Gasteiger partial charge < -0.3 is 10.1 Å². The van der Waals surface area contributed by atoms with Crippen molar-refractivity contribution >= 4 is 17.4 Å². The van der Waals surface area contributed by atoms with Crippen LogP contribution in [-0.2, 0) is 0 Å². The van der Waals surface area contributed by atoms with Crippen LogP contribution in [0.3, 0.4) is 0 Å². The van der Waals surface area contributed by atoms with Crippen molar-refractivity contribution in [3.8, 4) is 5.88 Å². The number of nitrogens with one attached hydrogen (secondary N) is 1. The molecular formula is C11H17ClN2O. The minimum atomic E-state index is 0.640. The molecule has 0 aromatic carbocycles. The van der Waals surface area contributed by atoms with Crippen LogP contribution in [0.5, 0.6) is 5.88 Å². The predicted octanol–water partition coefficient (Wildman–Crippen LogP) is 2.91. The standard InChI is InChI=1S/C11H17ClN2O/c1-15-11-7-5-6-10(14-11)13-9-4-2-3-8-12/h5-7H,2-4,8-9H2,1H3,(H,13,14). The van der Waals surface area contributed by atoms with Crippen LogP contribution in [0.4, 0.5) is 5.82 Å². The summed E-state index contributed by atoms with van der Waals surface area (Å²) in [5.41, 5.74) is 0. The molecule has 15 heavy (non-hydrogen) atoms. The second-order valence-electron chi connectivity index (χ2n) is 3.24. The second-order valence-corrected chi connectivity index (χ2v) is 3.62. The van der Waals surface area contributed by atoms with E-state index in [4.69, 9.17) is 16.3 Å². The maximum atomic E-state index is 5.59. The van der Waals surface area contributed by atoms with Crippen LogP contribution in [0, 0.1) is 0 Å². The highest BCUT2D eigenvalue weighted by molar-refractivity contribution is 6.17. The number of hydrogen-bond donors (Lipinski definition) is 1. The van der Waals surface area contributed by atoms with Crippen molar-refractivity contribution in [1.82, 2.24) is 4.98 Å². The number of unbranched alkanes of at least 4 members (excludes halogenated alkanes) is 2. The summed E-state index contributed by atoms with van der Waals surface area (Å²) >= 11 is 5.59. The smallest absolute Gasteiger partial charge is 0.214 e. The van der Waals surface area contributed by atoms with Crippen molar-refractivity contribution < 1.29 is 4.74 Å². The van der Waals surface area contributed by atoms with Crippen molar-refractivity contribution in [2.24, 2.45) is 0 Å². The van der Waals surface area contributed by atoms with Gasteiger partial charge in [-0.2, -0.15) is 4.98 Å². The Morgan fingerprint density at radius 1 is 1.33 bits per heavy atom. The van der Waals surface area contributed by atoms with E-state index in [0.717, 1.165) is 37.5 Å². The van der Waals surface area contributed by atoms with E-state index >= 15 is 0 Å². The fraction of sp³-hybridized carbons (Fsp3) is 0.545. The summed E-state index contributed by atoms with van der Waals surface area (Å²) in [5, 5.41) is 3.24. The first-order valence-corrected chi connectivity index (χ1v) is 5.71. The molecule has 0 atom stereocenters. The van der Waals surface area contributed by atoms with E-state index in [9.17, 15) is 0 Å². The average molecular weight is 229 g/mol. The molecule has 0 bridgehead atoms. The SMILES string of the molecule is COc1cccc(NCCCCCCl)n1. The minimum Gasteiger partial charge on any atom is -0.481 e. The highest BCUT2D eigenvalue weighted by atomic mass is 35.5. The fourth-order valence-corrected chi connectivity index (χ4v) is 1.43. The molecular weight excluding hydrogens is 212 g/mol. The summed E-state index contributed by atoms with van der Waals surface area (Å²) in [6.45, 7) is 0.928. The minimum absolute atomic E-state index is 0.640. The van der Waals surface area contributed by atoms with E-state index in [-0.39, 0.29) is 0 Å². The Balaban J connectivity index is 2.24. The third-order valence-electron chi connectivity index (χ3n) is 2.05. The van der Waals surface area contributed by atoms with Gasteiger partial charge in [0.05, 0.1) is 7.11 Å². The van der Waals surface area contributed by atoms with Crippen LogP contribution in [0.1, 0.15) is 19.3 Å². The maximum Gasteiger partial charge on any atom is 0.214 e. The van der Waals surface area contributed by atoms with Gasteiger partial charge in [0.25, 0.3) is 0 Å². The van der Waals surface area contributed by atoms with Crippen molar-refractivity contribution in [1.29, 1.82) is 0 Å². The van der Waals surface area contributed by atoms with Gasteiger partial charge in [-0.25, -0.2) is 0 Å². The lowest BCUT2D eigenvalue weighted by atomic mass is 10.2. The van der Waals surface area contributed by atoms with Gasteiger partial charge in [-0.15, -0.1) is 11.6 Å². The highest BCUT2D eigenvalue weighted by Crippen LogP contribution is 2.10. The molecule has 1 aromatic rings. The third kappa shape index (κ3) is 4.88. The number of alkyl halides is 1. The van der Waals surface area contributed by atoms with Crippen LogP contribution < -0.4 is 10.1 Å². The van der Waals surface area contributed by atoms with E-state index in [1.54, 1.807) is 7.11 Å². The first-order valence-electron chi connectivity index (χ1n) is 5.17. The van der Waals surface area contributed by atoms with Gasteiger partial charge in [-0.1, -0.05) is 12.5 Å². The molecule has 1 rings (SSSR count). The summed E-state index contributed by atoms with van der Waals surface area (Å²) in [7, 11) is 1.62. The summed E-state index contributed by atoms with van der Waals surface area (Å²) < 4.78 is 5.03. The Morgan fingerprint density at radius 2 is 2.20 bits per heavy atom. The molecule has 1 heterocycles. The van der Waals surface area contributed by atoms with Crippen molar-refractivity contribution in [3.05, 3.63) is 18.2 Å². The van der Waals surface area contributed by atoms with Gasteiger partial charge in [0, 0.05) is 18.5 Å². The van der Waals surface area contributed by atoms with E-state index in [1.807, 2.05) is 18.2 Å². The van der Waals surface area contributed by atoms with Gasteiger partial charge in [-0.05, 0) is 18.9 Å². The average Bonchev–Trinajstić information content (AvgIpc) is 2.29. The number of pyridine rings is 1. The molecule has 0 amide bonds. The molecule has 1 aromatic heterocycles. The molecule has 0 radical (unpaired) electrons. The molecule has 0 aliphatic carbocycles. The Labute approximate surface area is 95.8 Å². The molecule has 0 fully saturated rings. The van der Waals surface area contributed by atoms with E-state index in [0.29, 0.717) is 5.88 Å². The number of methoxy groups -OCH3 is 1. The van der Waals surface area contributed by atoms with Crippen LogP contribution in [-0.4, -0.2) is 24.5 Å². The highest BCUT2D eigenvalue weighted by Gasteiger charge is 1.95. The Hall–Kier alpha value is -0.960. The zero-order valence-electron chi connectivity index (χ0n) is 9.00. The van der Waals surface area contributed by atoms with Gasteiger partial charge >= 0.3 is 0 Å². The van der Waals surface area contributed by atoms with Crippen molar-refractivity contribution in [3.63, 3.8) is 0 Å². The second kappa shape index (κ2) is 7.35.